The summed E-state index contributed by atoms with van der Waals surface area (Å²) in [7, 11) is -4.13. The summed E-state index contributed by atoms with van der Waals surface area (Å²) in [6, 6.07) is 25.4. The van der Waals surface area contributed by atoms with Crippen molar-refractivity contribution in [1.82, 2.24) is 9.47 Å². The Balaban J connectivity index is 1.21. The van der Waals surface area contributed by atoms with E-state index in [0.29, 0.717) is 25.2 Å². The van der Waals surface area contributed by atoms with Crippen molar-refractivity contribution in [3.63, 3.8) is 0 Å². The van der Waals surface area contributed by atoms with Crippen LogP contribution in [0.25, 0.3) is 11.1 Å². The van der Waals surface area contributed by atoms with Gasteiger partial charge in [-0.3, -0.25) is 14.3 Å². The first-order valence-electron chi connectivity index (χ1n) is 12.8. The number of amides is 1. The average Bonchev–Trinajstić information content (AvgIpc) is 2.95. The highest BCUT2D eigenvalue weighted by Gasteiger charge is 2.37. The van der Waals surface area contributed by atoms with Gasteiger partial charge < -0.3 is 9.47 Å². The van der Waals surface area contributed by atoms with Crippen molar-refractivity contribution in [3.8, 4) is 11.1 Å². The Hall–Kier alpha value is -4.24. The van der Waals surface area contributed by atoms with Gasteiger partial charge in [-0.2, -0.15) is 0 Å². The normalized spacial score (nSPS) is 18.3. The highest BCUT2D eigenvalue weighted by Crippen LogP contribution is 2.36. The van der Waals surface area contributed by atoms with Crippen molar-refractivity contribution in [2.75, 3.05) is 17.8 Å². The Morgan fingerprint density at radius 1 is 0.846 bits per heavy atom. The molecule has 0 unspecified atom stereocenters. The molecule has 0 saturated carbocycles. The monoisotopic (exact) mass is 543 g/mol. The van der Waals surface area contributed by atoms with Crippen LogP contribution < -0.4 is 10.3 Å². The molecule has 2 aliphatic heterocycles. The first-order valence-corrected chi connectivity index (χ1v) is 14.2. The van der Waals surface area contributed by atoms with Crippen LogP contribution >= 0.6 is 0 Å². The summed E-state index contributed by atoms with van der Waals surface area (Å²) in [5.41, 5.74) is 2.99. The molecule has 1 amide bonds. The number of anilines is 1. The van der Waals surface area contributed by atoms with E-state index < -0.39 is 21.4 Å². The van der Waals surface area contributed by atoms with Crippen LogP contribution in [0, 0.1) is 11.7 Å². The van der Waals surface area contributed by atoms with Crippen LogP contribution in [0.4, 0.5) is 10.1 Å². The maximum Gasteiger partial charge on any atom is 0.275 e. The molecular formula is C30H26FN3O4S. The van der Waals surface area contributed by atoms with Crippen LogP contribution in [0.3, 0.4) is 0 Å². The van der Waals surface area contributed by atoms with E-state index in [4.69, 9.17) is 0 Å². The molecule has 0 radical (unpaired) electrons. The number of hydrogen-bond donors (Lipinski definition) is 1. The van der Waals surface area contributed by atoms with Crippen molar-refractivity contribution in [2.24, 2.45) is 5.92 Å². The van der Waals surface area contributed by atoms with Gasteiger partial charge in [0.15, 0.2) is 0 Å². The van der Waals surface area contributed by atoms with Crippen LogP contribution in [0.2, 0.25) is 0 Å². The van der Waals surface area contributed by atoms with E-state index >= 15 is 0 Å². The lowest BCUT2D eigenvalue weighted by atomic mass is 9.83. The standard InChI is InChI=1S/C30H26FN3O4S/c31-25-7-4-8-26(16-25)39(37,38)32-27-13-14-28-24-15-20(18-34(28)30(27)36)17-33(19-24)29(35)23-11-9-22(10-12-23)21-5-2-1-3-6-21/h1-14,16,20,24,32H,15,17-19H2/t20-,24+/m0/s1. The molecular weight excluding hydrogens is 517 g/mol. The Bertz CT molecular complexity index is 1720. The van der Waals surface area contributed by atoms with Gasteiger partial charge in [0.05, 0.1) is 4.90 Å². The number of rotatable bonds is 5. The first kappa shape index (κ1) is 25.1. The van der Waals surface area contributed by atoms with Gasteiger partial charge >= 0.3 is 0 Å². The van der Waals surface area contributed by atoms with Crippen molar-refractivity contribution in [1.29, 1.82) is 0 Å². The van der Waals surface area contributed by atoms with Gasteiger partial charge in [0, 0.05) is 36.8 Å². The first-order chi connectivity index (χ1) is 18.8. The Kier molecular flexibility index (Phi) is 6.31. The Morgan fingerprint density at radius 3 is 2.33 bits per heavy atom. The van der Waals surface area contributed by atoms with E-state index in [2.05, 4.69) is 4.72 Å². The predicted octanol–water partition coefficient (Wildman–Crippen LogP) is 4.71. The maximum absolute atomic E-state index is 13.6. The van der Waals surface area contributed by atoms with E-state index in [-0.39, 0.29) is 28.3 Å². The minimum Gasteiger partial charge on any atom is -0.338 e. The highest BCUT2D eigenvalue weighted by atomic mass is 32.2. The third kappa shape index (κ3) is 4.85. The van der Waals surface area contributed by atoms with Gasteiger partial charge in [0.25, 0.3) is 21.5 Å². The van der Waals surface area contributed by atoms with E-state index in [1.165, 1.54) is 18.2 Å². The van der Waals surface area contributed by atoms with Crippen molar-refractivity contribution >= 4 is 21.6 Å². The molecule has 3 heterocycles. The lowest BCUT2D eigenvalue weighted by Gasteiger charge is -2.43. The minimum atomic E-state index is -4.13. The molecule has 1 aromatic heterocycles. The van der Waals surface area contributed by atoms with Gasteiger partial charge in [-0.15, -0.1) is 0 Å². The number of nitrogens with zero attached hydrogens (tertiary/aromatic N) is 2. The van der Waals surface area contributed by atoms with E-state index in [1.54, 1.807) is 10.6 Å². The molecule has 4 aromatic rings. The highest BCUT2D eigenvalue weighted by molar-refractivity contribution is 7.92. The third-order valence-electron chi connectivity index (χ3n) is 7.48. The van der Waals surface area contributed by atoms with Crippen molar-refractivity contribution in [3.05, 3.63) is 118 Å². The molecule has 198 valence electrons. The van der Waals surface area contributed by atoms with Crippen LogP contribution in [-0.2, 0) is 16.6 Å². The number of carbonyl (C=O) groups excluding carboxylic acids is 1. The molecule has 1 fully saturated rings. The summed E-state index contributed by atoms with van der Waals surface area (Å²) in [5, 5.41) is 0. The van der Waals surface area contributed by atoms with Gasteiger partial charge in [0.1, 0.15) is 11.5 Å². The number of nitrogens with one attached hydrogen (secondary N) is 1. The topological polar surface area (TPSA) is 88.5 Å². The number of piperidine rings is 1. The number of hydrogen-bond acceptors (Lipinski definition) is 4. The second kappa shape index (κ2) is 9.81. The maximum atomic E-state index is 13.6. The Labute approximate surface area is 225 Å². The summed E-state index contributed by atoms with van der Waals surface area (Å²) in [5.74, 6) is -0.693. The summed E-state index contributed by atoms with van der Waals surface area (Å²) in [4.78, 5) is 28.3. The van der Waals surface area contributed by atoms with Gasteiger partial charge in [-0.1, -0.05) is 48.5 Å². The van der Waals surface area contributed by atoms with Crippen molar-refractivity contribution in [2.45, 2.75) is 23.8 Å². The molecule has 1 saturated heterocycles. The SMILES string of the molecule is O=C(c1ccc(-c2ccccc2)cc1)N1C[C@@H]2C[C@H](C1)c1ccc(NS(=O)(=O)c3cccc(F)c3)c(=O)n1C2. The number of halogens is 1. The third-order valence-corrected chi connectivity index (χ3v) is 8.84. The predicted molar refractivity (Wildman–Crippen MR) is 147 cm³/mol. The van der Waals surface area contributed by atoms with E-state index in [9.17, 15) is 22.4 Å². The molecule has 6 rings (SSSR count). The molecule has 2 atom stereocenters. The molecule has 3 aromatic carbocycles. The molecule has 2 aliphatic rings. The summed E-state index contributed by atoms with van der Waals surface area (Å²) >= 11 is 0. The number of pyridine rings is 1. The molecule has 0 spiro atoms. The van der Waals surface area contributed by atoms with Gasteiger partial charge in [-0.25, -0.2) is 12.8 Å². The molecule has 9 heteroatoms. The lowest BCUT2D eigenvalue weighted by molar-refractivity contribution is 0.0594. The quantitative estimate of drug-likeness (QED) is 0.395. The number of sulfonamides is 1. The van der Waals surface area contributed by atoms with E-state index in [1.807, 2.05) is 59.5 Å². The smallest absolute Gasteiger partial charge is 0.275 e. The van der Waals surface area contributed by atoms with Crippen molar-refractivity contribution < 1.29 is 17.6 Å². The largest absolute Gasteiger partial charge is 0.338 e. The lowest BCUT2D eigenvalue weighted by Crippen LogP contribution is -2.49. The molecule has 7 nitrogen and oxygen atoms in total. The van der Waals surface area contributed by atoms with Gasteiger partial charge in [-0.05, 0) is 65.9 Å². The second-order valence-corrected chi connectivity index (χ2v) is 11.8. The fourth-order valence-corrected chi connectivity index (χ4v) is 6.73. The van der Waals surface area contributed by atoms with Crippen LogP contribution in [0.1, 0.15) is 28.4 Å². The van der Waals surface area contributed by atoms with Crippen LogP contribution in [0.5, 0.6) is 0 Å². The Morgan fingerprint density at radius 2 is 1.59 bits per heavy atom. The number of benzene rings is 3. The summed E-state index contributed by atoms with van der Waals surface area (Å²) in [6.07, 6.45) is 0.852. The molecule has 2 bridgehead atoms. The molecule has 0 aliphatic carbocycles. The number of likely N-dealkylation sites (tertiary alicyclic amines) is 1. The fraction of sp³-hybridized carbons (Fsp3) is 0.200. The zero-order valence-electron chi connectivity index (χ0n) is 21.0. The van der Waals surface area contributed by atoms with Gasteiger partial charge in [0.2, 0.25) is 0 Å². The summed E-state index contributed by atoms with van der Waals surface area (Å²) < 4.78 is 43.0. The average molecular weight is 544 g/mol. The minimum absolute atomic E-state index is 0.0355. The molecule has 39 heavy (non-hydrogen) atoms. The summed E-state index contributed by atoms with van der Waals surface area (Å²) in [6.45, 7) is 1.38. The van der Waals surface area contributed by atoms with Crippen LogP contribution in [0.15, 0.2) is 101 Å². The zero-order valence-corrected chi connectivity index (χ0v) is 21.8. The number of aromatic nitrogens is 1. The van der Waals surface area contributed by atoms with Crippen LogP contribution in [-0.4, -0.2) is 36.9 Å². The fourth-order valence-electron chi connectivity index (χ4n) is 5.65. The number of carbonyl (C=O) groups is 1. The second-order valence-electron chi connectivity index (χ2n) is 10.1. The van der Waals surface area contributed by atoms with E-state index in [0.717, 1.165) is 35.4 Å². The molecule has 1 N–H and O–H groups in total. The zero-order chi connectivity index (χ0) is 27.1. The number of fused-ring (bicyclic) bond motifs is 4.